The number of benzene rings is 3. The van der Waals surface area contributed by atoms with Crippen LogP contribution in [0.25, 0.3) is 0 Å². The predicted octanol–water partition coefficient (Wildman–Crippen LogP) is 5.40. The summed E-state index contributed by atoms with van der Waals surface area (Å²) in [5.74, 6) is 2.59. The van der Waals surface area contributed by atoms with Crippen molar-refractivity contribution in [3.05, 3.63) is 118 Å². The van der Waals surface area contributed by atoms with E-state index in [1.807, 2.05) is 47.0 Å². The molecular formula is C36H38N4O5S. The van der Waals surface area contributed by atoms with Crippen LogP contribution < -0.4 is 30.6 Å². The number of nitrogens with one attached hydrogen (secondary N) is 2. The number of anilines is 2. The third kappa shape index (κ3) is 7.07. The molecule has 238 valence electrons. The molecule has 0 radical (unpaired) electrons. The number of ether oxygens (including phenoxy) is 2. The molecule has 2 bridgehead atoms. The molecule has 1 aromatic heterocycles. The van der Waals surface area contributed by atoms with Crippen LogP contribution in [0.1, 0.15) is 44.3 Å². The lowest BCUT2D eigenvalue weighted by molar-refractivity contribution is 0.0954. The van der Waals surface area contributed by atoms with Gasteiger partial charge in [-0.1, -0.05) is 36.4 Å². The van der Waals surface area contributed by atoms with E-state index in [2.05, 4.69) is 27.7 Å². The maximum atomic E-state index is 13.6. The molecule has 46 heavy (non-hydrogen) atoms. The molecule has 2 N–H and O–H groups in total. The van der Waals surface area contributed by atoms with E-state index in [0.717, 1.165) is 35.9 Å². The van der Waals surface area contributed by atoms with Crippen molar-refractivity contribution in [2.45, 2.75) is 24.6 Å². The molecule has 2 aliphatic rings. The first kappa shape index (κ1) is 31.3. The van der Waals surface area contributed by atoms with E-state index >= 15 is 0 Å². The second-order valence-electron chi connectivity index (χ2n) is 11.7. The number of fused-ring (bicyclic) bond motifs is 4. The van der Waals surface area contributed by atoms with Gasteiger partial charge in [-0.15, -0.1) is 0 Å². The van der Waals surface area contributed by atoms with Crippen LogP contribution in [0.2, 0.25) is 0 Å². The van der Waals surface area contributed by atoms with Gasteiger partial charge in [0.1, 0.15) is 11.5 Å². The standard InChI is InChI=1S/C36H38N4O5S/c1-44-29-16-27(17-30(19-29)45-2)36(43)38-31-18-26(35(42)37-13-14-46-23-24-7-4-3-5-8-24)11-12-33(31)39-20-25-15-28(22-39)32-9-6-10-34(41)40(32)21-25/h3-12,16-19,25,28H,13-15,20-23H2,1-2H3,(H,37,42)(H,38,43). The van der Waals surface area contributed by atoms with E-state index in [1.165, 1.54) is 19.8 Å². The molecular weight excluding hydrogens is 600 g/mol. The summed E-state index contributed by atoms with van der Waals surface area (Å²) in [4.78, 5) is 41.7. The Morgan fingerprint density at radius 3 is 2.39 bits per heavy atom. The summed E-state index contributed by atoms with van der Waals surface area (Å²) in [7, 11) is 3.08. The Labute approximate surface area is 272 Å². The summed E-state index contributed by atoms with van der Waals surface area (Å²) < 4.78 is 12.7. The monoisotopic (exact) mass is 638 g/mol. The van der Waals surface area contributed by atoms with Crippen LogP contribution in [-0.4, -0.2) is 56.0 Å². The van der Waals surface area contributed by atoms with Gasteiger partial charge in [0.05, 0.1) is 25.6 Å². The summed E-state index contributed by atoms with van der Waals surface area (Å²) in [6, 6.07) is 26.2. The van der Waals surface area contributed by atoms with Crippen LogP contribution in [0.4, 0.5) is 11.4 Å². The van der Waals surface area contributed by atoms with Crippen LogP contribution in [-0.2, 0) is 12.3 Å². The minimum atomic E-state index is -0.345. The minimum Gasteiger partial charge on any atom is -0.497 e. The number of thioether (sulfide) groups is 1. The molecule has 9 nitrogen and oxygen atoms in total. The quantitative estimate of drug-likeness (QED) is 0.212. The molecule has 0 saturated carbocycles. The van der Waals surface area contributed by atoms with Crippen molar-refractivity contribution in [1.29, 1.82) is 0 Å². The van der Waals surface area contributed by atoms with Crippen LogP contribution in [0, 0.1) is 5.92 Å². The van der Waals surface area contributed by atoms with E-state index in [-0.39, 0.29) is 29.2 Å². The predicted molar refractivity (Wildman–Crippen MR) is 183 cm³/mol. The van der Waals surface area contributed by atoms with Gasteiger partial charge in [-0.05, 0) is 54.3 Å². The second kappa shape index (κ2) is 14.2. The fourth-order valence-corrected chi connectivity index (χ4v) is 7.20. The average molecular weight is 639 g/mol. The molecule has 4 aromatic rings. The van der Waals surface area contributed by atoms with Crippen molar-refractivity contribution in [2.75, 3.05) is 49.8 Å². The Bertz CT molecular complexity index is 1750. The number of hydrogen-bond acceptors (Lipinski definition) is 7. The number of methoxy groups -OCH3 is 2. The number of pyridine rings is 1. The number of hydrogen-bond donors (Lipinski definition) is 2. The highest BCUT2D eigenvalue weighted by atomic mass is 32.2. The molecule has 3 heterocycles. The molecule has 2 aliphatic heterocycles. The fourth-order valence-electron chi connectivity index (χ4n) is 6.38. The van der Waals surface area contributed by atoms with Crippen LogP contribution in [0.3, 0.4) is 0 Å². The highest BCUT2D eigenvalue weighted by molar-refractivity contribution is 7.98. The van der Waals surface area contributed by atoms with Crippen molar-refractivity contribution in [1.82, 2.24) is 9.88 Å². The van der Waals surface area contributed by atoms with Crippen molar-refractivity contribution in [3.8, 4) is 11.5 Å². The Morgan fingerprint density at radius 2 is 1.63 bits per heavy atom. The van der Waals surface area contributed by atoms with E-state index < -0.39 is 0 Å². The SMILES string of the molecule is COc1cc(OC)cc(C(=O)Nc2cc(C(=O)NCCSCc3ccccc3)ccc2N2CC3CC(C2)c2cccc(=O)n2C3)c1. The number of piperidine rings is 1. The lowest BCUT2D eigenvalue weighted by Crippen LogP contribution is -2.47. The van der Waals surface area contributed by atoms with Crippen LogP contribution >= 0.6 is 11.8 Å². The maximum Gasteiger partial charge on any atom is 0.255 e. The molecule has 6 rings (SSSR count). The second-order valence-corrected chi connectivity index (χ2v) is 12.8. The van der Waals surface area contributed by atoms with Gasteiger partial charge in [0.15, 0.2) is 0 Å². The Balaban J connectivity index is 1.23. The number of aromatic nitrogens is 1. The molecule has 1 saturated heterocycles. The van der Waals surface area contributed by atoms with Gasteiger partial charge in [0, 0.05) is 72.6 Å². The van der Waals surface area contributed by atoms with Gasteiger partial charge in [-0.3, -0.25) is 14.4 Å². The number of nitrogens with zero attached hydrogens (tertiary/aromatic N) is 2. The lowest BCUT2D eigenvalue weighted by atomic mass is 9.83. The van der Waals surface area contributed by atoms with E-state index in [4.69, 9.17) is 9.47 Å². The van der Waals surface area contributed by atoms with E-state index in [0.29, 0.717) is 47.9 Å². The van der Waals surface area contributed by atoms with Crippen molar-refractivity contribution >= 4 is 35.0 Å². The van der Waals surface area contributed by atoms with Gasteiger partial charge in [0.25, 0.3) is 17.4 Å². The molecule has 2 amide bonds. The van der Waals surface area contributed by atoms with Gasteiger partial charge in [0.2, 0.25) is 0 Å². The zero-order chi connectivity index (χ0) is 32.0. The molecule has 3 aromatic carbocycles. The Morgan fingerprint density at radius 1 is 0.848 bits per heavy atom. The summed E-state index contributed by atoms with van der Waals surface area (Å²) in [5, 5.41) is 6.10. The van der Waals surface area contributed by atoms with E-state index in [1.54, 1.807) is 42.1 Å². The maximum absolute atomic E-state index is 13.6. The molecule has 0 aliphatic carbocycles. The van der Waals surface area contributed by atoms with Gasteiger partial charge < -0.3 is 29.6 Å². The number of rotatable bonds is 11. The molecule has 0 spiro atoms. The van der Waals surface area contributed by atoms with Crippen molar-refractivity contribution in [3.63, 3.8) is 0 Å². The third-order valence-corrected chi connectivity index (χ3v) is 9.61. The number of carbonyl (C=O) groups excluding carboxylic acids is 2. The molecule has 2 atom stereocenters. The number of amides is 2. The summed E-state index contributed by atoms with van der Waals surface area (Å²) in [5.41, 5.74) is 4.55. The lowest BCUT2D eigenvalue weighted by Gasteiger charge is -2.44. The minimum absolute atomic E-state index is 0.0381. The van der Waals surface area contributed by atoms with Gasteiger partial charge in [-0.25, -0.2) is 0 Å². The zero-order valence-electron chi connectivity index (χ0n) is 26.0. The summed E-state index contributed by atoms with van der Waals surface area (Å²) in [6.45, 7) is 2.62. The Kier molecular flexibility index (Phi) is 9.63. The number of carbonyl (C=O) groups is 2. The smallest absolute Gasteiger partial charge is 0.255 e. The third-order valence-electron chi connectivity index (χ3n) is 8.58. The highest BCUT2D eigenvalue weighted by Crippen LogP contribution is 2.39. The largest absolute Gasteiger partial charge is 0.497 e. The molecule has 2 unspecified atom stereocenters. The zero-order valence-corrected chi connectivity index (χ0v) is 26.8. The fraction of sp³-hybridized carbons (Fsp3) is 0.306. The van der Waals surface area contributed by atoms with Crippen molar-refractivity contribution in [2.24, 2.45) is 5.92 Å². The van der Waals surface area contributed by atoms with Crippen LogP contribution in [0.5, 0.6) is 11.5 Å². The average Bonchev–Trinajstić information content (AvgIpc) is 3.08. The summed E-state index contributed by atoms with van der Waals surface area (Å²) >= 11 is 1.76. The topological polar surface area (TPSA) is 102 Å². The van der Waals surface area contributed by atoms with Gasteiger partial charge >= 0.3 is 0 Å². The first-order valence-electron chi connectivity index (χ1n) is 15.4. The van der Waals surface area contributed by atoms with E-state index in [9.17, 15) is 14.4 Å². The molecule has 10 heteroatoms. The van der Waals surface area contributed by atoms with Crippen LogP contribution in [0.15, 0.2) is 89.7 Å². The normalized spacial score (nSPS) is 16.7. The first-order chi connectivity index (χ1) is 22.4. The summed E-state index contributed by atoms with van der Waals surface area (Å²) in [6.07, 6.45) is 1.01. The molecule has 1 fully saturated rings. The van der Waals surface area contributed by atoms with Crippen molar-refractivity contribution < 1.29 is 19.1 Å². The first-order valence-corrected chi connectivity index (χ1v) is 16.6. The highest BCUT2D eigenvalue weighted by Gasteiger charge is 2.35. The Hall–Kier alpha value is -4.70. The van der Waals surface area contributed by atoms with Gasteiger partial charge in [-0.2, -0.15) is 11.8 Å².